The van der Waals surface area contributed by atoms with Gasteiger partial charge in [-0.15, -0.1) is 0 Å². The Morgan fingerprint density at radius 1 is 1.50 bits per heavy atom. The van der Waals surface area contributed by atoms with Crippen molar-refractivity contribution in [2.45, 2.75) is 19.9 Å². The number of nitrogens with zero attached hydrogens (tertiary/aromatic N) is 2. The van der Waals surface area contributed by atoms with Crippen LogP contribution in [0.2, 0.25) is 5.15 Å². The number of pyridine rings is 1. The summed E-state index contributed by atoms with van der Waals surface area (Å²) in [6, 6.07) is 3.26. The Kier molecular flexibility index (Phi) is 3.94. The number of carbonyl (C=O) groups is 1. The van der Waals surface area contributed by atoms with Crippen LogP contribution in [0.4, 0.5) is 0 Å². The Bertz CT molecular complexity index is 554. The van der Waals surface area contributed by atoms with Gasteiger partial charge >= 0.3 is 0 Å². The molecule has 2 aromatic heterocycles. The number of carbonyl (C=O) groups excluding carboxylic acids is 1. The van der Waals surface area contributed by atoms with Crippen molar-refractivity contribution in [2.24, 2.45) is 0 Å². The van der Waals surface area contributed by atoms with Gasteiger partial charge in [0.05, 0.1) is 18.3 Å². The number of aryl methyl sites for hydroxylation is 1. The average molecular weight is 266 g/mol. The standard InChI is InChI=1S/C12H12ClN3O2/c1-2-8-6-15-10(18-8)7-16-12(17)9-4-3-5-14-11(9)13/h3-6H,2,7H2,1H3,(H,16,17). The van der Waals surface area contributed by atoms with Crippen molar-refractivity contribution in [2.75, 3.05) is 0 Å². The fourth-order valence-electron chi connectivity index (χ4n) is 1.40. The second-order valence-corrected chi connectivity index (χ2v) is 3.96. The maximum absolute atomic E-state index is 11.8. The smallest absolute Gasteiger partial charge is 0.254 e. The number of rotatable bonds is 4. The lowest BCUT2D eigenvalue weighted by atomic mass is 10.2. The molecular weight excluding hydrogens is 254 g/mol. The van der Waals surface area contributed by atoms with E-state index in [4.69, 9.17) is 16.0 Å². The highest BCUT2D eigenvalue weighted by Gasteiger charge is 2.11. The normalized spacial score (nSPS) is 10.3. The fraction of sp³-hybridized carbons (Fsp3) is 0.250. The summed E-state index contributed by atoms with van der Waals surface area (Å²) >= 11 is 5.82. The summed E-state index contributed by atoms with van der Waals surface area (Å²) in [5, 5.41) is 2.85. The zero-order chi connectivity index (χ0) is 13.0. The molecule has 1 N–H and O–H groups in total. The van der Waals surface area contributed by atoms with E-state index < -0.39 is 0 Å². The number of hydrogen-bond acceptors (Lipinski definition) is 4. The van der Waals surface area contributed by atoms with Gasteiger partial charge in [0.15, 0.2) is 0 Å². The minimum absolute atomic E-state index is 0.177. The van der Waals surface area contributed by atoms with Crippen LogP contribution in [0.25, 0.3) is 0 Å². The van der Waals surface area contributed by atoms with E-state index in [2.05, 4.69) is 15.3 Å². The van der Waals surface area contributed by atoms with Crippen LogP contribution in [0.5, 0.6) is 0 Å². The van der Waals surface area contributed by atoms with Gasteiger partial charge in [-0.2, -0.15) is 0 Å². The van der Waals surface area contributed by atoms with E-state index in [1.54, 1.807) is 18.3 Å². The van der Waals surface area contributed by atoms with Crippen LogP contribution in [0.3, 0.4) is 0 Å². The molecule has 0 aliphatic carbocycles. The van der Waals surface area contributed by atoms with Crippen LogP contribution in [0.1, 0.15) is 28.9 Å². The molecule has 0 unspecified atom stereocenters. The van der Waals surface area contributed by atoms with E-state index in [-0.39, 0.29) is 17.6 Å². The molecule has 0 saturated heterocycles. The second-order valence-electron chi connectivity index (χ2n) is 3.60. The van der Waals surface area contributed by atoms with Crippen molar-refractivity contribution < 1.29 is 9.21 Å². The lowest BCUT2D eigenvalue weighted by Gasteiger charge is -2.03. The van der Waals surface area contributed by atoms with Crippen molar-refractivity contribution in [3.8, 4) is 0 Å². The molecule has 5 nitrogen and oxygen atoms in total. The molecule has 2 rings (SSSR count). The van der Waals surface area contributed by atoms with Gasteiger partial charge in [0, 0.05) is 12.6 Å². The molecule has 2 heterocycles. The Labute approximate surface area is 109 Å². The molecule has 2 aromatic rings. The van der Waals surface area contributed by atoms with Crippen LogP contribution in [-0.2, 0) is 13.0 Å². The summed E-state index contributed by atoms with van der Waals surface area (Å²) in [5.41, 5.74) is 0.335. The lowest BCUT2D eigenvalue weighted by Crippen LogP contribution is -2.23. The minimum atomic E-state index is -0.302. The summed E-state index contributed by atoms with van der Waals surface area (Å²) in [4.78, 5) is 19.7. The molecule has 0 aliphatic heterocycles. The largest absolute Gasteiger partial charge is 0.444 e. The third-order valence-electron chi connectivity index (χ3n) is 2.35. The Morgan fingerprint density at radius 2 is 2.33 bits per heavy atom. The minimum Gasteiger partial charge on any atom is -0.444 e. The van der Waals surface area contributed by atoms with Crippen LogP contribution < -0.4 is 5.32 Å². The molecule has 0 saturated carbocycles. The molecule has 0 fully saturated rings. The van der Waals surface area contributed by atoms with Gasteiger partial charge < -0.3 is 9.73 Å². The Hall–Kier alpha value is -1.88. The van der Waals surface area contributed by atoms with Crippen molar-refractivity contribution >= 4 is 17.5 Å². The number of oxazole rings is 1. The Balaban J connectivity index is 1.98. The quantitative estimate of drug-likeness (QED) is 0.861. The zero-order valence-corrected chi connectivity index (χ0v) is 10.6. The topological polar surface area (TPSA) is 68.0 Å². The molecule has 0 spiro atoms. The van der Waals surface area contributed by atoms with E-state index in [0.29, 0.717) is 11.5 Å². The monoisotopic (exact) mass is 265 g/mol. The van der Waals surface area contributed by atoms with Crippen molar-refractivity contribution in [1.82, 2.24) is 15.3 Å². The third-order valence-corrected chi connectivity index (χ3v) is 2.65. The number of amides is 1. The maximum Gasteiger partial charge on any atom is 0.254 e. The van der Waals surface area contributed by atoms with Gasteiger partial charge in [-0.3, -0.25) is 4.79 Å². The number of aromatic nitrogens is 2. The van der Waals surface area contributed by atoms with E-state index in [1.165, 1.54) is 6.20 Å². The molecule has 0 bridgehead atoms. The summed E-state index contributed by atoms with van der Waals surface area (Å²) < 4.78 is 5.37. The summed E-state index contributed by atoms with van der Waals surface area (Å²) in [6.07, 6.45) is 3.95. The first kappa shape index (κ1) is 12.6. The Morgan fingerprint density at radius 3 is 3.00 bits per heavy atom. The molecule has 6 heteroatoms. The predicted octanol–water partition coefficient (Wildman–Crippen LogP) is 2.22. The third kappa shape index (κ3) is 2.87. The molecule has 0 atom stereocenters. The van der Waals surface area contributed by atoms with Crippen LogP contribution >= 0.6 is 11.6 Å². The number of nitrogens with one attached hydrogen (secondary N) is 1. The van der Waals surface area contributed by atoms with Gasteiger partial charge in [0.2, 0.25) is 5.89 Å². The van der Waals surface area contributed by atoms with Gasteiger partial charge in [-0.1, -0.05) is 18.5 Å². The zero-order valence-electron chi connectivity index (χ0n) is 9.81. The summed E-state index contributed by atoms with van der Waals surface area (Å²) in [6.45, 7) is 2.20. The van der Waals surface area contributed by atoms with Crippen LogP contribution in [0, 0.1) is 0 Å². The lowest BCUT2D eigenvalue weighted by molar-refractivity contribution is 0.0947. The molecule has 0 aromatic carbocycles. The molecule has 18 heavy (non-hydrogen) atoms. The first-order chi connectivity index (χ1) is 8.70. The maximum atomic E-state index is 11.8. The highest BCUT2D eigenvalue weighted by Crippen LogP contribution is 2.11. The van der Waals surface area contributed by atoms with Crippen molar-refractivity contribution in [3.63, 3.8) is 0 Å². The SMILES string of the molecule is CCc1cnc(CNC(=O)c2cccnc2Cl)o1. The average Bonchev–Trinajstić information content (AvgIpc) is 2.84. The molecule has 0 aliphatic rings. The molecule has 0 radical (unpaired) electrons. The molecular formula is C12H12ClN3O2. The first-order valence-electron chi connectivity index (χ1n) is 5.53. The van der Waals surface area contributed by atoms with Crippen molar-refractivity contribution in [3.05, 3.63) is 46.9 Å². The van der Waals surface area contributed by atoms with Gasteiger partial charge in [0.1, 0.15) is 10.9 Å². The summed E-state index contributed by atoms with van der Waals surface area (Å²) in [7, 11) is 0. The molecule has 1 amide bonds. The fourth-order valence-corrected chi connectivity index (χ4v) is 1.60. The summed E-state index contributed by atoms with van der Waals surface area (Å²) in [5.74, 6) is 0.961. The van der Waals surface area contributed by atoms with Crippen LogP contribution in [-0.4, -0.2) is 15.9 Å². The van der Waals surface area contributed by atoms with Gasteiger partial charge in [-0.05, 0) is 12.1 Å². The van der Waals surface area contributed by atoms with Crippen molar-refractivity contribution in [1.29, 1.82) is 0 Å². The molecule has 94 valence electrons. The number of hydrogen-bond donors (Lipinski definition) is 1. The van der Waals surface area contributed by atoms with E-state index in [0.717, 1.165) is 12.2 Å². The van der Waals surface area contributed by atoms with E-state index in [9.17, 15) is 4.79 Å². The van der Waals surface area contributed by atoms with Gasteiger partial charge in [0.25, 0.3) is 5.91 Å². The first-order valence-corrected chi connectivity index (χ1v) is 5.90. The van der Waals surface area contributed by atoms with Gasteiger partial charge in [-0.25, -0.2) is 9.97 Å². The highest BCUT2D eigenvalue weighted by molar-refractivity contribution is 6.32. The van der Waals surface area contributed by atoms with E-state index >= 15 is 0 Å². The number of halogens is 1. The highest BCUT2D eigenvalue weighted by atomic mass is 35.5. The van der Waals surface area contributed by atoms with E-state index in [1.807, 2.05) is 6.92 Å². The van der Waals surface area contributed by atoms with Crippen LogP contribution in [0.15, 0.2) is 28.9 Å². The predicted molar refractivity (Wildman–Crippen MR) is 66.3 cm³/mol. The second kappa shape index (κ2) is 5.64.